The molecule has 98 valence electrons. The quantitative estimate of drug-likeness (QED) is 0.691. The van der Waals surface area contributed by atoms with Gasteiger partial charge in [0.2, 0.25) is 5.91 Å². The summed E-state index contributed by atoms with van der Waals surface area (Å²) in [6.45, 7) is 3.20. The number of nitrogens with one attached hydrogen (secondary N) is 3. The number of H-pyrrole nitrogens is 1. The Hall–Kier alpha value is -1.41. The van der Waals surface area contributed by atoms with Crippen molar-refractivity contribution in [2.45, 2.75) is 0 Å². The second-order valence-corrected chi connectivity index (χ2v) is 4.67. The van der Waals surface area contributed by atoms with E-state index in [4.69, 9.17) is 0 Å². The van der Waals surface area contributed by atoms with Gasteiger partial charge < -0.3 is 20.5 Å². The lowest BCUT2D eigenvalue weighted by Crippen LogP contribution is -2.48. The molecule has 1 amide bonds. The Bertz CT molecular complexity index is 483. The van der Waals surface area contributed by atoms with Crippen LogP contribution in [-0.2, 0) is 4.79 Å². The lowest BCUT2D eigenvalue weighted by atomic mass is 10.3. The molecule has 2 rings (SSSR count). The first kappa shape index (κ1) is 13.0. The third-order valence-electron chi connectivity index (χ3n) is 2.67. The van der Waals surface area contributed by atoms with Gasteiger partial charge in [0.15, 0.2) is 0 Å². The number of aromatic amines is 1. The Morgan fingerprint density at radius 1 is 1.50 bits per heavy atom. The zero-order valence-electron chi connectivity index (χ0n) is 9.70. The Morgan fingerprint density at radius 3 is 2.94 bits per heavy atom. The number of carbonyl (C=O) groups is 1. The number of carbonyl (C=O) groups excluding carboxylic acids is 1. The number of halogens is 1. The van der Waals surface area contributed by atoms with Gasteiger partial charge in [0, 0.05) is 26.2 Å². The van der Waals surface area contributed by atoms with Crippen molar-refractivity contribution in [1.29, 1.82) is 0 Å². The van der Waals surface area contributed by atoms with Crippen LogP contribution in [0.3, 0.4) is 0 Å². The van der Waals surface area contributed by atoms with E-state index in [0.29, 0.717) is 23.4 Å². The predicted octanol–water partition coefficient (Wildman–Crippen LogP) is -0.624. The molecule has 0 spiro atoms. The van der Waals surface area contributed by atoms with Crippen LogP contribution in [-0.4, -0.2) is 53.5 Å². The van der Waals surface area contributed by atoms with E-state index in [1.807, 2.05) is 0 Å². The van der Waals surface area contributed by atoms with Crippen LogP contribution in [0.5, 0.6) is 0 Å². The van der Waals surface area contributed by atoms with Gasteiger partial charge in [-0.1, -0.05) is 0 Å². The molecule has 7 nitrogen and oxygen atoms in total. The van der Waals surface area contributed by atoms with Gasteiger partial charge in [-0.05, 0) is 15.9 Å². The van der Waals surface area contributed by atoms with Crippen molar-refractivity contribution in [2.75, 3.05) is 38.0 Å². The summed E-state index contributed by atoms with van der Waals surface area (Å²) < 4.78 is 0.304. The van der Waals surface area contributed by atoms with Crippen LogP contribution < -0.4 is 16.2 Å². The molecule has 2 heterocycles. The van der Waals surface area contributed by atoms with Crippen molar-refractivity contribution in [2.24, 2.45) is 0 Å². The van der Waals surface area contributed by atoms with Crippen molar-refractivity contribution in [1.82, 2.24) is 20.2 Å². The molecule has 0 aliphatic carbocycles. The largest absolute Gasteiger partial charge is 0.360 e. The monoisotopic (exact) mass is 315 g/mol. The highest BCUT2D eigenvalue weighted by molar-refractivity contribution is 9.10. The van der Waals surface area contributed by atoms with Gasteiger partial charge in [-0.15, -0.1) is 0 Å². The highest BCUT2D eigenvalue weighted by Crippen LogP contribution is 2.12. The SMILES string of the molecule is O=C(CNc1nc[nH]c(=O)c1Br)N1CCNCC1. The smallest absolute Gasteiger partial charge is 0.267 e. The fourth-order valence-electron chi connectivity index (χ4n) is 1.69. The molecule has 0 aromatic carbocycles. The highest BCUT2D eigenvalue weighted by Gasteiger charge is 2.16. The molecule has 0 bridgehead atoms. The third-order valence-corrected chi connectivity index (χ3v) is 3.41. The maximum absolute atomic E-state index is 11.9. The Kier molecular flexibility index (Phi) is 4.32. The minimum atomic E-state index is -0.276. The van der Waals surface area contributed by atoms with Gasteiger partial charge in [0.1, 0.15) is 10.3 Å². The van der Waals surface area contributed by atoms with Crippen LogP contribution in [0.4, 0.5) is 5.82 Å². The van der Waals surface area contributed by atoms with E-state index in [1.54, 1.807) is 4.90 Å². The Balaban J connectivity index is 1.92. The number of amides is 1. The summed E-state index contributed by atoms with van der Waals surface area (Å²) in [4.78, 5) is 31.4. The van der Waals surface area contributed by atoms with Gasteiger partial charge in [-0.3, -0.25) is 9.59 Å². The number of piperazine rings is 1. The number of hydrogen-bond donors (Lipinski definition) is 3. The number of rotatable bonds is 3. The van der Waals surface area contributed by atoms with Crippen LogP contribution in [0.2, 0.25) is 0 Å². The second-order valence-electron chi connectivity index (χ2n) is 3.88. The van der Waals surface area contributed by atoms with E-state index < -0.39 is 0 Å². The molecular weight excluding hydrogens is 302 g/mol. The minimum Gasteiger partial charge on any atom is -0.360 e. The molecule has 1 saturated heterocycles. The summed E-state index contributed by atoms with van der Waals surface area (Å²) in [7, 11) is 0. The van der Waals surface area contributed by atoms with Crippen LogP contribution >= 0.6 is 15.9 Å². The van der Waals surface area contributed by atoms with Crippen molar-refractivity contribution in [3.05, 3.63) is 21.2 Å². The molecule has 0 saturated carbocycles. The predicted molar refractivity (Wildman–Crippen MR) is 70.5 cm³/mol. The molecule has 3 N–H and O–H groups in total. The summed E-state index contributed by atoms with van der Waals surface area (Å²) in [5.41, 5.74) is -0.276. The van der Waals surface area contributed by atoms with Crippen molar-refractivity contribution >= 4 is 27.7 Å². The van der Waals surface area contributed by atoms with Gasteiger partial charge in [0.25, 0.3) is 5.56 Å². The Morgan fingerprint density at radius 2 is 2.22 bits per heavy atom. The lowest BCUT2D eigenvalue weighted by Gasteiger charge is -2.27. The van der Waals surface area contributed by atoms with Crippen molar-refractivity contribution in [3.63, 3.8) is 0 Å². The maximum atomic E-state index is 11.9. The first-order valence-electron chi connectivity index (χ1n) is 5.64. The molecule has 0 radical (unpaired) electrons. The number of anilines is 1. The van der Waals surface area contributed by atoms with Gasteiger partial charge >= 0.3 is 0 Å². The Labute approximate surface area is 112 Å². The fraction of sp³-hybridized carbons (Fsp3) is 0.500. The van der Waals surface area contributed by atoms with E-state index >= 15 is 0 Å². The molecule has 1 aromatic heterocycles. The average Bonchev–Trinajstić information content (AvgIpc) is 2.41. The summed E-state index contributed by atoms with van der Waals surface area (Å²) in [5, 5.41) is 6.04. The van der Waals surface area contributed by atoms with Crippen LogP contribution in [0.15, 0.2) is 15.6 Å². The summed E-state index contributed by atoms with van der Waals surface area (Å²) >= 11 is 3.12. The molecule has 8 heteroatoms. The number of nitrogens with zero attached hydrogens (tertiary/aromatic N) is 2. The maximum Gasteiger partial charge on any atom is 0.267 e. The molecular formula is C10H14BrN5O2. The van der Waals surface area contributed by atoms with Gasteiger partial charge in [0.05, 0.1) is 12.9 Å². The highest BCUT2D eigenvalue weighted by atomic mass is 79.9. The van der Waals surface area contributed by atoms with Crippen molar-refractivity contribution < 1.29 is 4.79 Å². The summed E-state index contributed by atoms with van der Waals surface area (Å²) in [6, 6.07) is 0. The molecule has 0 atom stereocenters. The molecule has 18 heavy (non-hydrogen) atoms. The first-order valence-corrected chi connectivity index (χ1v) is 6.43. The standard InChI is InChI=1S/C10H14BrN5O2/c11-8-9(14-6-15-10(8)18)13-5-7(17)16-3-1-12-2-4-16/h6,12H,1-5H2,(H2,13,14,15,18). The summed E-state index contributed by atoms with van der Waals surface area (Å²) in [6.07, 6.45) is 1.30. The lowest BCUT2D eigenvalue weighted by molar-refractivity contribution is -0.129. The number of aromatic nitrogens is 2. The zero-order valence-corrected chi connectivity index (χ0v) is 11.3. The van der Waals surface area contributed by atoms with Crippen LogP contribution in [0.25, 0.3) is 0 Å². The molecule has 1 aliphatic rings. The van der Waals surface area contributed by atoms with E-state index in [2.05, 4.69) is 36.5 Å². The van der Waals surface area contributed by atoms with Crippen molar-refractivity contribution in [3.8, 4) is 0 Å². The number of hydrogen-bond acceptors (Lipinski definition) is 5. The summed E-state index contributed by atoms with van der Waals surface area (Å²) in [5.74, 6) is 0.382. The second kappa shape index (κ2) is 5.96. The topological polar surface area (TPSA) is 90.1 Å². The van der Waals surface area contributed by atoms with E-state index in [9.17, 15) is 9.59 Å². The third kappa shape index (κ3) is 3.08. The fourth-order valence-corrected chi connectivity index (χ4v) is 2.05. The van der Waals surface area contributed by atoms with Crippen LogP contribution in [0, 0.1) is 0 Å². The van der Waals surface area contributed by atoms with E-state index in [-0.39, 0.29) is 18.0 Å². The van der Waals surface area contributed by atoms with Gasteiger partial charge in [-0.2, -0.15) is 0 Å². The zero-order chi connectivity index (χ0) is 13.0. The van der Waals surface area contributed by atoms with Gasteiger partial charge in [-0.25, -0.2) is 4.98 Å². The molecule has 1 aliphatic heterocycles. The van der Waals surface area contributed by atoms with E-state index in [1.165, 1.54) is 6.33 Å². The molecule has 0 unspecified atom stereocenters. The normalized spacial score (nSPS) is 15.5. The molecule has 1 aromatic rings. The van der Waals surface area contributed by atoms with E-state index in [0.717, 1.165) is 13.1 Å². The minimum absolute atomic E-state index is 0.00508. The first-order chi connectivity index (χ1) is 8.68. The molecule has 1 fully saturated rings. The van der Waals surface area contributed by atoms with Crippen LogP contribution in [0.1, 0.15) is 0 Å². The average molecular weight is 316 g/mol.